The summed E-state index contributed by atoms with van der Waals surface area (Å²) >= 11 is 0. The van der Waals surface area contributed by atoms with Gasteiger partial charge in [0.25, 0.3) is 0 Å². The van der Waals surface area contributed by atoms with Crippen LogP contribution < -0.4 is 18.3 Å². The summed E-state index contributed by atoms with van der Waals surface area (Å²) in [6, 6.07) is 52.7. The first-order chi connectivity index (χ1) is 33.4. The van der Waals surface area contributed by atoms with Crippen LogP contribution in [0.2, 0.25) is 0 Å². The van der Waals surface area contributed by atoms with Crippen molar-refractivity contribution in [3.8, 4) is 89.5 Å². The summed E-state index contributed by atoms with van der Waals surface area (Å²) in [5.41, 5.74) is 20.2. The third-order valence-corrected chi connectivity index (χ3v) is 13.8. The number of benzene rings is 4. The Labute approximate surface area is 393 Å². The summed E-state index contributed by atoms with van der Waals surface area (Å²) in [5, 5.41) is 4.40. The van der Waals surface area contributed by atoms with E-state index in [0.29, 0.717) is 0 Å². The number of nitrogens with one attached hydrogen (secondary N) is 2. The summed E-state index contributed by atoms with van der Waals surface area (Å²) in [6.45, 7) is 0. The van der Waals surface area contributed by atoms with Gasteiger partial charge in [-0.2, -0.15) is 0 Å². The van der Waals surface area contributed by atoms with E-state index in [2.05, 4.69) is 252 Å². The van der Waals surface area contributed by atoms with Gasteiger partial charge in [0.15, 0.2) is 49.6 Å². The topological polar surface area (TPSA) is 72.9 Å². The standard InChI is InChI=1S/C60H45N8/c1-65-29-21-37(22-30-65)49-53-41-13-5-7-15-43(41)55(61-53)50(38-23-31-66(2)32-24-38)57-45-17-9-11-19-47(45)59(63-57)52(40-27-35-68(4)36-28-40)60-48-20-12-10-18-46(48)58(64-60)51(39-25-33-67(3)34-26-39)56-44-16-8-6-14-42(44)54(49)62-56/h5-36H,1-4H3,(H,61,62,63,64)/q+3/p+1. The van der Waals surface area contributed by atoms with Gasteiger partial charge in [-0.15, -0.1) is 0 Å². The minimum Gasteiger partial charge on any atom is -0.353 e. The molecule has 13 rings (SSSR count). The number of nitrogens with zero attached hydrogens (tertiary/aromatic N) is 6. The third kappa shape index (κ3) is 6.14. The SMILES string of the molecule is C[n+]1ccc(-c2c3nc(c(-c4cc[n+](C)cc4)c4[nH]c(c(-c5cc[n+](C)cc5)c5nc(c(-c6cc[n+](C)cc6)c6[nH]c2c2ccccc62)-c2ccccc2-5)c2ccccc42)-c2ccccc2-3)cc1. The molecule has 0 saturated heterocycles. The van der Waals surface area contributed by atoms with Crippen LogP contribution in [0.4, 0.5) is 0 Å². The number of hydrogen-bond donors (Lipinski definition) is 2. The van der Waals surface area contributed by atoms with E-state index < -0.39 is 0 Å². The van der Waals surface area contributed by atoms with Crippen LogP contribution >= 0.6 is 0 Å². The van der Waals surface area contributed by atoms with Gasteiger partial charge in [-0.3, -0.25) is 0 Å². The fraction of sp³-hybridized carbons (Fsp3) is 0.0667. The maximum Gasteiger partial charge on any atom is 0.169 e. The average Bonchev–Trinajstić information content (AvgIpc) is 4.14. The highest BCUT2D eigenvalue weighted by Gasteiger charge is 2.30. The van der Waals surface area contributed by atoms with Crippen molar-refractivity contribution in [2.45, 2.75) is 0 Å². The maximum absolute atomic E-state index is 5.93. The molecule has 0 amide bonds. The van der Waals surface area contributed by atoms with E-state index in [9.17, 15) is 0 Å². The van der Waals surface area contributed by atoms with Crippen molar-refractivity contribution in [2.75, 3.05) is 0 Å². The molecule has 8 heteroatoms. The zero-order valence-corrected chi connectivity index (χ0v) is 38.2. The summed E-state index contributed by atoms with van der Waals surface area (Å²) in [6.07, 6.45) is 17.0. The minimum absolute atomic E-state index is 0.905. The lowest BCUT2D eigenvalue weighted by molar-refractivity contribution is -0.671. The highest BCUT2D eigenvalue weighted by molar-refractivity contribution is 6.21. The zero-order chi connectivity index (χ0) is 45.6. The second-order valence-electron chi connectivity index (χ2n) is 18.1. The first-order valence-electron chi connectivity index (χ1n) is 23.0. The van der Waals surface area contributed by atoms with Crippen LogP contribution in [0.25, 0.3) is 133 Å². The molecule has 0 unspecified atom stereocenters. The van der Waals surface area contributed by atoms with Crippen LogP contribution in [-0.4, -0.2) is 19.9 Å². The van der Waals surface area contributed by atoms with Crippen molar-refractivity contribution in [1.82, 2.24) is 19.9 Å². The molecule has 3 aliphatic rings. The van der Waals surface area contributed by atoms with E-state index in [-0.39, 0.29) is 0 Å². The van der Waals surface area contributed by atoms with E-state index in [1.54, 1.807) is 0 Å². The predicted molar refractivity (Wildman–Crippen MR) is 271 cm³/mol. The molecule has 8 nitrogen and oxygen atoms in total. The number of aryl methyl sites for hydroxylation is 4. The van der Waals surface area contributed by atoms with Crippen molar-refractivity contribution < 1.29 is 18.3 Å². The van der Waals surface area contributed by atoms with Crippen LogP contribution in [0, 0.1) is 0 Å². The molecule has 10 aromatic rings. The van der Waals surface area contributed by atoms with Crippen molar-refractivity contribution in [1.29, 1.82) is 0 Å². The molecule has 68 heavy (non-hydrogen) atoms. The Hall–Kier alpha value is -8.88. The Morgan fingerprint density at radius 2 is 0.485 bits per heavy atom. The van der Waals surface area contributed by atoms with Crippen molar-refractivity contribution in [3.05, 3.63) is 195 Å². The van der Waals surface area contributed by atoms with Gasteiger partial charge >= 0.3 is 0 Å². The fourth-order valence-electron chi connectivity index (χ4n) is 10.4. The van der Waals surface area contributed by atoms with Crippen LogP contribution in [0.15, 0.2) is 195 Å². The van der Waals surface area contributed by atoms with Crippen LogP contribution in [-0.2, 0) is 28.2 Å². The summed E-state index contributed by atoms with van der Waals surface area (Å²) in [4.78, 5) is 20.2. The van der Waals surface area contributed by atoms with E-state index in [1.165, 1.54) is 0 Å². The molecule has 322 valence electrons. The Bertz CT molecular complexity index is 3510. The molecule has 0 spiro atoms. The Kier molecular flexibility index (Phi) is 8.92. The number of aromatic amines is 2. The smallest absolute Gasteiger partial charge is 0.169 e. The number of H-pyrrole nitrogens is 2. The number of rotatable bonds is 4. The van der Waals surface area contributed by atoms with Crippen molar-refractivity contribution in [3.63, 3.8) is 0 Å². The van der Waals surface area contributed by atoms with E-state index in [1.807, 2.05) is 0 Å². The summed E-state index contributed by atoms with van der Waals surface area (Å²) in [5.74, 6) is 0. The largest absolute Gasteiger partial charge is 0.353 e. The monoisotopic (exact) mass is 878 g/mol. The van der Waals surface area contributed by atoms with Crippen LogP contribution in [0.1, 0.15) is 0 Å². The zero-order valence-electron chi connectivity index (χ0n) is 38.2. The lowest BCUT2D eigenvalue weighted by Gasteiger charge is -2.08. The molecule has 0 fully saturated rings. The van der Waals surface area contributed by atoms with E-state index in [4.69, 9.17) is 9.97 Å². The molecule has 8 heterocycles. The van der Waals surface area contributed by atoms with E-state index >= 15 is 0 Å². The quantitative estimate of drug-likeness (QED) is 0.173. The first kappa shape index (κ1) is 39.5. The fourth-order valence-corrected chi connectivity index (χ4v) is 10.4. The normalized spacial score (nSPS) is 11.8. The first-order valence-corrected chi connectivity index (χ1v) is 23.0. The summed E-state index contributed by atoms with van der Waals surface area (Å²) in [7, 11) is 8.25. The second-order valence-corrected chi connectivity index (χ2v) is 18.1. The van der Waals surface area contributed by atoms with Crippen molar-refractivity contribution >= 4 is 43.6 Å². The molecular weight excluding hydrogens is 833 g/mol. The number of aromatic nitrogens is 8. The van der Waals surface area contributed by atoms with Crippen molar-refractivity contribution in [2.24, 2.45) is 28.2 Å². The number of pyridine rings is 4. The molecule has 4 aromatic carbocycles. The summed E-state index contributed by atoms with van der Waals surface area (Å²) < 4.78 is 8.34. The maximum atomic E-state index is 5.93. The van der Waals surface area contributed by atoms with Gasteiger partial charge < -0.3 is 9.97 Å². The molecule has 8 bridgehead atoms. The molecule has 0 saturated carbocycles. The second kappa shape index (κ2) is 15.4. The molecule has 2 N–H and O–H groups in total. The molecule has 2 aliphatic heterocycles. The molecular formula is C60H46N8+4. The molecule has 0 atom stereocenters. The number of hydrogen-bond acceptors (Lipinski definition) is 2. The van der Waals surface area contributed by atoms with Gasteiger partial charge in [-0.25, -0.2) is 28.2 Å². The molecule has 6 aromatic heterocycles. The lowest BCUT2D eigenvalue weighted by Crippen LogP contribution is -2.25. The Morgan fingerprint density at radius 3 is 0.706 bits per heavy atom. The predicted octanol–water partition coefficient (Wildman–Crippen LogP) is 11.3. The van der Waals surface area contributed by atoms with E-state index in [0.717, 1.165) is 133 Å². The minimum atomic E-state index is 0.905. The van der Waals surface area contributed by atoms with Gasteiger partial charge in [0.2, 0.25) is 0 Å². The van der Waals surface area contributed by atoms with Gasteiger partial charge in [-0.05, 0) is 22.3 Å². The highest BCUT2D eigenvalue weighted by atomic mass is 14.9. The van der Waals surface area contributed by atoms with Crippen LogP contribution in [0.5, 0.6) is 0 Å². The Balaban J connectivity index is 1.38. The molecule has 1 aliphatic carbocycles. The average molecular weight is 879 g/mol. The third-order valence-electron chi connectivity index (χ3n) is 13.8. The van der Waals surface area contributed by atoms with Gasteiger partial charge in [0.05, 0.1) is 44.8 Å². The van der Waals surface area contributed by atoms with Gasteiger partial charge in [0.1, 0.15) is 28.2 Å². The Morgan fingerprint density at radius 1 is 0.279 bits per heavy atom. The molecule has 0 radical (unpaired) electrons. The van der Waals surface area contributed by atoms with Crippen LogP contribution in [0.3, 0.4) is 0 Å². The van der Waals surface area contributed by atoms with Gasteiger partial charge in [0, 0.05) is 115 Å². The van der Waals surface area contributed by atoms with Gasteiger partial charge in [-0.1, -0.05) is 97.1 Å². The highest BCUT2D eigenvalue weighted by Crippen LogP contribution is 2.51. The lowest BCUT2D eigenvalue weighted by atomic mass is 9.94.